The van der Waals surface area contributed by atoms with E-state index in [4.69, 9.17) is 9.47 Å². The number of carbonyl (C=O) groups is 2. The lowest BCUT2D eigenvalue weighted by molar-refractivity contribution is -0.115. The molecule has 2 N–H and O–H groups in total. The van der Waals surface area contributed by atoms with Gasteiger partial charge >= 0.3 is 0 Å². The van der Waals surface area contributed by atoms with Crippen LogP contribution in [0.2, 0.25) is 0 Å². The number of amides is 2. The standard InChI is InChI=1S/C26H24N4O4/c1-33-23-15-22(29-26(32)19-9-5-3-6-10-19)24(34-2)14-21(23)28-25(31)13-18-16-27-30(17-18)20-11-7-4-8-12-20/h3-12,14-17H,13H2,1-2H3,(H,28,31)(H,29,32). The van der Waals surface area contributed by atoms with Crippen LogP contribution in [0.5, 0.6) is 11.5 Å². The quantitative estimate of drug-likeness (QED) is 0.412. The Morgan fingerprint density at radius 2 is 1.44 bits per heavy atom. The second-order valence-corrected chi connectivity index (χ2v) is 7.43. The number of rotatable bonds is 8. The van der Waals surface area contributed by atoms with Gasteiger partial charge in [0, 0.05) is 23.9 Å². The maximum absolute atomic E-state index is 12.7. The molecule has 4 rings (SSSR count). The van der Waals surface area contributed by atoms with Crippen molar-refractivity contribution in [1.82, 2.24) is 9.78 Å². The van der Waals surface area contributed by atoms with E-state index in [-0.39, 0.29) is 18.2 Å². The number of para-hydroxylation sites is 1. The summed E-state index contributed by atoms with van der Waals surface area (Å²) < 4.78 is 12.6. The van der Waals surface area contributed by atoms with Gasteiger partial charge in [0.05, 0.1) is 43.9 Å². The Hall–Kier alpha value is -4.59. The molecular weight excluding hydrogens is 432 g/mol. The number of carbonyl (C=O) groups excluding carboxylic acids is 2. The van der Waals surface area contributed by atoms with E-state index in [1.54, 1.807) is 47.3 Å². The summed E-state index contributed by atoms with van der Waals surface area (Å²) in [6, 6.07) is 21.7. The second-order valence-electron chi connectivity index (χ2n) is 7.43. The molecular formula is C26H24N4O4. The van der Waals surface area contributed by atoms with Gasteiger partial charge in [0.1, 0.15) is 11.5 Å². The number of aromatic nitrogens is 2. The van der Waals surface area contributed by atoms with Crippen molar-refractivity contribution in [3.63, 3.8) is 0 Å². The molecule has 4 aromatic rings. The summed E-state index contributed by atoms with van der Waals surface area (Å²) in [5, 5.41) is 10.00. The van der Waals surface area contributed by atoms with Crippen LogP contribution < -0.4 is 20.1 Å². The molecule has 0 aliphatic carbocycles. The van der Waals surface area contributed by atoms with Crippen LogP contribution in [0.3, 0.4) is 0 Å². The van der Waals surface area contributed by atoms with Crippen molar-refractivity contribution >= 4 is 23.2 Å². The Balaban J connectivity index is 1.49. The molecule has 8 heteroatoms. The van der Waals surface area contributed by atoms with Gasteiger partial charge in [-0.2, -0.15) is 5.10 Å². The minimum absolute atomic E-state index is 0.130. The summed E-state index contributed by atoms with van der Waals surface area (Å²) in [6.07, 6.45) is 3.60. The van der Waals surface area contributed by atoms with Gasteiger partial charge in [-0.05, 0) is 29.8 Å². The smallest absolute Gasteiger partial charge is 0.255 e. The molecule has 1 aromatic heterocycles. The van der Waals surface area contributed by atoms with Crippen LogP contribution >= 0.6 is 0 Å². The third kappa shape index (κ3) is 5.24. The molecule has 0 fully saturated rings. The van der Waals surface area contributed by atoms with Crippen molar-refractivity contribution in [2.24, 2.45) is 0 Å². The zero-order chi connectivity index (χ0) is 23.9. The van der Waals surface area contributed by atoms with E-state index in [1.165, 1.54) is 14.2 Å². The lowest BCUT2D eigenvalue weighted by Gasteiger charge is -2.16. The van der Waals surface area contributed by atoms with Crippen molar-refractivity contribution in [2.75, 3.05) is 24.9 Å². The topological polar surface area (TPSA) is 94.5 Å². The van der Waals surface area contributed by atoms with Gasteiger partial charge in [-0.25, -0.2) is 4.68 Å². The zero-order valence-corrected chi connectivity index (χ0v) is 18.8. The van der Waals surface area contributed by atoms with Gasteiger partial charge < -0.3 is 20.1 Å². The van der Waals surface area contributed by atoms with Crippen LogP contribution in [0.4, 0.5) is 11.4 Å². The van der Waals surface area contributed by atoms with Gasteiger partial charge in [0.15, 0.2) is 0 Å². The SMILES string of the molecule is COc1cc(NC(=O)c2ccccc2)c(OC)cc1NC(=O)Cc1cnn(-c2ccccc2)c1. The van der Waals surface area contributed by atoms with Gasteiger partial charge in [0.25, 0.3) is 5.91 Å². The Bertz CT molecular complexity index is 1290. The average Bonchev–Trinajstić information content (AvgIpc) is 3.34. The summed E-state index contributed by atoms with van der Waals surface area (Å²) in [4.78, 5) is 25.3. The summed E-state index contributed by atoms with van der Waals surface area (Å²) in [7, 11) is 2.98. The van der Waals surface area contributed by atoms with Gasteiger partial charge in [-0.1, -0.05) is 36.4 Å². The van der Waals surface area contributed by atoms with E-state index < -0.39 is 0 Å². The molecule has 0 atom stereocenters. The van der Waals surface area contributed by atoms with E-state index in [1.807, 2.05) is 42.6 Å². The molecule has 0 saturated heterocycles. The fourth-order valence-electron chi connectivity index (χ4n) is 3.43. The fourth-order valence-corrected chi connectivity index (χ4v) is 3.43. The highest BCUT2D eigenvalue weighted by Gasteiger charge is 2.17. The monoisotopic (exact) mass is 456 g/mol. The number of hydrogen-bond donors (Lipinski definition) is 2. The summed E-state index contributed by atoms with van der Waals surface area (Å²) in [5.41, 5.74) is 3.04. The first-order chi connectivity index (χ1) is 16.6. The predicted octanol–water partition coefficient (Wildman–Crippen LogP) is 4.32. The minimum atomic E-state index is -0.284. The molecule has 0 aliphatic heterocycles. The Morgan fingerprint density at radius 3 is 2.06 bits per heavy atom. The van der Waals surface area contributed by atoms with E-state index in [0.29, 0.717) is 28.4 Å². The van der Waals surface area contributed by atoms with Gasteiger partial charge in [-0.3, -0.25) is 9.59 Å². The molecule has 0 aliphatic rings. The molecule has 0 spiro atoms. The van der Waals surface area contributed by atoms with E-state index in [9.17, 15) is 9.59 Å². The van der Waals surface area contributed by atoms with Crippen molar-refractivity contribution in [2.45, 2.75) is 6.42 Å². The molecule has 8 nitrogen and oxygen atoms in total. The average molecular weight is 457 g/mol. The molecule has 0 radical (unpaired) electrons. The normalized spacial score (nSPS) is 10.4. The van der Waals surface area contributed by atoms with Crippen molar-refractivity contribution in [3.8, 4) is 17.2 Å². The summed E-state index contributed by atoms with van der Waals surface area (Å²) in [6.45, 7) is 0. The molecule has 3 aromatic carbocycles. The number of benzene rings is 3. The van der Waals surface area contributed by atoms with Crippen molar-refractivity contribution < 1.29 is 19.1 Å². The Kier molecular flexibility index (Phi) is 6.88. The summed E-state index contributed by atoms with van der Waals surface area (Å²) >= 11 is 0. The second kappa shape index (κ2) is 10.4. The number of ether oxygens (including phenoxy) is 2. The molecule has 0 saturated carbocycles. The molecule has 1 heterocycles. The Morgan fingerprint density at radius 1 is 0.853 bits per heavy atom. The lowest BCUT2D eigenvalue weighted by Crippen LogP contribution is -2.16. The maximum atomic E-state index is 12.7. The zero-order valence-electron chi connectivity index (χ0n) is 18.8. The number of hydrogen-bond acceptors (Lipinski definition) is 5. The van der Waals surface area contributed by atoms with Crippen LogP contribution in [0, 0.1) is 0 Å². The van der Waals surface area contributed by atoms with Crippen LogP contribution in [0.25, 0.3) is 5.69 Å². The molecule has 2 amide bonds. The first kappa shape index (κ1) is 22.6. The van der Waals surface area contributed by atoms with E-state index >= 15 is 0 Å². The van der Waals surface area contributed by atoms with Crippen LogP contribution in [-0.4, -0.2) is 35.8 Å². The molecule has 34 heavy (non-hydrogen) atoms. The van der Waals surface area contributed by atoms with Crippen LogP contribution in [0.15, 0.2) is 85.2 Å². The van der Waals surface area contributed by atoms with E-state index in [2.05, 4.69) is 15.7 Å². The highest BCUT2D eigenvalue weighted by atomic mass is 16.5. The number of anilines is 2. The van der Waals surface area contributed by atoms with Gasteiger partial charge in [-0.15, -0.1) is 0 Å². The predicted molar refractivity (Wildman–Crippen MR) is 130 cm³/mol. The highest BCUT2D eigenvalue weighted by Crippen LogP contribution is 2.36. The maximum Gasteiger partial charge on any atom is 0.255 e. The van der Waals surface area contributed by atoms with Crippen molar-refractivity contribution in [1.29, 1.82) is 0 Å². The molecule has 0 bridgehead atoms. The first-order valence-corrected chi connectivity index (χ1v) is 10.6. The van der Waals surface area contributed by atoms with Gasteiger partial charge in [0.2, 0.25) is 5.91 Å². The number of nitrogens with one attached hydrogen (secondary N) is 2. The highest BCUT2D eigenvalue weighted by molar-refractivity contribution is 6.05. The molecule has 0 unspecified atom stereocenters. The molecule has 172 valence electrons. The third-order valence-corrected chi connectivity index (χ3v) is 5.10. The largest absolute Gasteiger partial charge is 0.494 e. The Labute approximate surface area is 197 Å². The van der Waals surface area contributed by atoms with Crippen LogP contribution in [0.1, 0.15) is 15.9 Å². The summed E-state index contributed by atoms with van der Waals surface area (Å²) in [5.74, 6) is 0.247. The van der Waals surface area contributed by atoms with Crippen molar-refractivity contribution in [3.05, 3.63) is 96.3 Å². The fraction of sp³-hybridized carbons (Fsp3) is 0.115. The minimum Gasteiger partial charge on any atom is -0.494 e. The van der Waals surface area contributed by atoms with Crippen LogP contribution in [-0.2, 0) is 11.2 Å². The third-order valence-electron chi connectivity index (χ3n) is 5.10. The lowest BCUT2D eigenvalue weighted by atomic mass is 10.2. The first-order valence-electron chi connectivity index (χ1n) is 10.6. The number of nitrogens with zero attached hydrogens (tertiary/aromatic N) is 2. The number of methoxy groups -OCH3 is 2. The van der Waals surface area contributed by atoms with E-state index in [0.717, 1.165) is 11.3 Å².